The summed E-state index contributed by atoms with van der Waals surface area (Å²) in [6.45, 7) is 5.11. The lowest BCUT2D eigenvalue weighted by atomic mass is 9.85. The number of carboxylic acid groups (broad SMARTS) is 1. The molecule has 0 spiro atoms. The van der Waals surface area contributed by atoms with Crippen LogP contribution in [0.4, 0.5) is 5.69 Å². The van der Waals surface area contributed by atoms with Gasteiger partial charge in [0, 0.05) is 5.69 Å². The van der Waals surface area contributed by atoms with Crippen LogP contribution in [0.25, 0.3) is 0 Å². The molecule has 0 aliphatic rings. The molecule has 0 saturated heterocycles. The Bertz CT molecular complexity index is 466. The van der Waals surface area contributed by atoms with Crippen molar-refractivity contribution in [2.75, 3.05) is 5.32 Å². The first-order valence-corrected chi connectivity index (χ1v) is 6.19. The fraction of sp³-hybridized carbons (Fsp3) is 0.429. The molecule has 0 heterocycles. The fourth-order valence-electron chi connectivity index (χ4n) is 1.51. The van der Waals surface area contributed by atoms with E-state index in [1.54, 1.807) is 38.1 Å². The van der Waals surface area contributed by atoms with Crippen molar-refractivity contribution in [3.8, 4) is 0 Å². The molecule has 5 heteroatoms. The second-order valence-corrected chi connectivity index (χ2v) is 5.01. The van der Waals surface area contributed by atoms with Crippen LogP contribution in [-0.4, -0.2) is 23.0 Å². The van der Waals surface area contributed by atoms with Gasteiger partial charge in [-0.25, -0.2) is 0 Å². The maximum absolute atomic E-state index is 11.6. The minimum absolute atomic E-state index is 0.243. The van der Waals surface area contributed by atoms with Gasteiger partial charge in [-0.3, -0.25) is 9.59 Å². The van der Waals surface area contributed by atoms with Gasteiger partial charge in [-0.05, 0) is 38.0 Å². The van der Waals surface area contributed by atoms with Crippen LogP contribution in [0.1, 0.15) is 32.8 Å². The summed E-state index contributed by atoms with van der Waals surface area (Å²) >= 11 is 0. The summed E-state index contributed by atoms with van der Waals surface area (Å²) in [6.07, 6.45) is 0.565. The van der Waals surface area contributed by atoms with E-state index in [0.29, 0.717) is 17.7 Å². The van der Waals surface area contributed by atoms with Gasteiger partial charge in [0.05, 0.1) is 11.5 Å². The second-order valence-electron chi connectivity index (χ2n) is 5.01. The molecule has 0 bridgehead atoms. The lowest BCUT2D eigenvalue weighted by Gasteiger charge is -2.20. The molecule has 5 nitrogen and oxygen atoms in total. The number of carbonyl (C=O) groups excluding carboxylic acids is 1. The Labute approximate surface area is 112 Å². The van der Waals surface area contributed by atoms with Gasteiger partial charge in [-0.15, -0.1) is 0 Å². The van der Waals surface area contributed by atoms with Gasteiger partial charge in [0.25, 0.3) is 0 Å². The Balaban J connectivity index is 2.83. The fourth-order valence-corrected chi connectivity index (χ4v) is 1.51. The van der Waals surface area contributed by atoms with E-state index in [9.17, 15) is 9.59 Å². The number of aliphatic carboxylic acids is 1. The van der Waals surface area contributed by atoms with Gasteiger partial charge >= 0.3 is 5.97 Å². The molecule has 0 aromatic heterocycles. The normalized spacial score (nSPS) is 12.8. The first-order valence-electron chi connectivity index (χ1n) is 6.19. The van der Waals surface area contributed by atoms with E-state index in [0.717, 1.165) is 0 Å². The maximum atomic E-state index is 11.6. The zero-order valence-electron chi connectivity index (χ0n) is 11.4. The first-order chi connectivity index (χ1) is 8.78. The van der Waals surface area contributed by atoms with Gasteiger partial charge in [0.15, 0.2) is 0 Å². The Morgan fingerprint density at radius 3 is 2.26 bits per heavy atom. The third kappa shape index (κ3) is 3.54. The van der Waals surface area contributed by atoms with E-state index >= 15 is 0 Å². The summed E-state index contributed by atoms with van der Waals surface area (Å²) < 4.78 is 0. The van der Waals surface area contributed by atoms with Crippen molar-refractivity contribution in [1.29, 1.82) is 0 Å². The van der Waals surface area contributed by atoms with Crippen molar-refractivity contribution in [2.24, 2.45) is 5.73 Å². The number of hydrogen-bond acceptors (Lipinski definition) is 3. The molecule has 1 amide bonds. The molecule has 0 aliphatic carbocycles. The number of benzene rings is 1. The van der Waals surface area contributed by atoms with Crippen LogP contribution < -0.4 is 11.1 Å². The highest BCUT2D eigenvalue weighted by Crippen LogP contribution is 2.24. The van der Waals surface area contributed by atoms with Crippen LogP contribution in [0.5, 0.6) is 0 Å². The minimum atomic E-state index is -0.956. The number of amides is 1. The molecule has 0 radical (unpaired) electrons. The van der Waals surface area contributed by atoms with E-state index in [1.165, 1.54) is 0 Å². The van der Waals surface area contributed by atoms with Crippen LogP contribution in [0.2, 0.25) is 0 Å². The molecule has 0 fully saturated rings. The van der Waals surface area contributed by atoms with Crippen molar-refractivity contribution in [3.63, 3.8) is 0 Å². The summed E-state index contributed by atoms with van der Waals surface area (Å²) in [4.78, 5) is 22.7. The number of hydrogen-bond donors (Lipinski definition) is 3. The summed E-state index contributed by atoms with van der Waals surface area (Å²) in [5, 5.41) is 11.8. The van der Waals surface area contributed by atoms with E-state index in [4.69, 9.17) is 10.8 Å². The number of carboxylic acids is 1. The van der Waals surface area contributed by atoms with Crippen molar-refractivity contribution < 1.29 is 14.7 Å². The molecule has 0 aliphatic heterocycles. The molecular formula is C14H20N2O3. The molecule has 1 rings (SSSR count). The predicted molar refractivity (Wildman–Crippen MR) is 74.0 cm³/mol. The molecule has 19 heavy (non-hydrogen) atoms. The number of rotatable bonds is 5. The Morgan fingerprint density at radius 1 is 1.32 bits per heavy atom. The SMILES string of the molecule is CC[C@H](N)C(=O)Nc1ccc(C(C)(C)C(=O)O)cc1. The Kier molecular flexibility index (Phi) is 4.67. The first kappa shape index (κ1) is 15.2. The van der Waals surface area contributed by atoms with Crippen LogP contribution in [0.15, 0.2) is 24.3 Å². The lowest BCUT2D eigenvalue weighted by molar-refractivity contribution is -0.142. The number of carbonyl (C=O) groups is 2. The summed E-state index contributed by atoms with van der Waals surface area (Å²) in [5.74, 6) is -1.13. The number of anilines is 1. The van der Waals surface area contributed by atoms with Crippen molar-refractivity contribution in [2.45, 2.75) is 38.6 Å². The molecule has 0 unspecified atom stereocenters. The monoisotopic (exact) mass is 264 g/mol. The van der Waals surface area contributed by atoms with Gasteiger partial charge < -0.3 is 16.2 Å². The zero-order valence-corrected chi connectivity index (χ0v) is 11.4. The highest BCUT2D eigenvalue weighted by atomic mass is 16.4. The standard InChI is InChI=1S/C14H20N2O3/c1-4-11(15)12(17)16-10-7-5-9(6-8-10)14(2,3)13(18)19/h5-8,11H,4,15H2,1-3H3,(H,16,17)(H,18,19)/t11-/m0/s1. The quantitative estimate of drug-likeness (QED) is 0.755. The van der Waals surface area contributed by atoms with Crippen molar-refractivity contribution in [1.82, 2.24) is 0 Å². The summed E-state index contributed by atoms with van der Waals surface area (Å²) in [5.41, 5.74) is 5.95. The number of nitrogens with two attached hydrogens (primary N) is 1. The van der Waals surface area contributed by atoms with Crippen LogP contribution in [0.3, 0.4) is 0 Å². The maximum Gasteiger partial charge on any atom is 0.313 e. The third-order valence-electron chi connectivity index (χ3n) is 3.19. The molecule has 0 saturated carbocycles. The van der Waals surface area contributed by atoms with Crippen LogP contribution in [-0.2, 0) is 15.0 Å². The topological polar surface area (TPSA) is 92.4 Å². The summed E-state index contributed by atoms with van der Waals surface area (Å²) in [7, 11) is 0. The lowest BCUT2D eigenvalue weighted by Crippen LogP contribution is -2.34. The third-order valence-corrected chi connectivity index (χ3v) is 3.19. The average molecular weight is 264 g/mol. The van der Waals surface area contributed by atoms with Gasteiger partial charge in [-0.2, -0.15) is 0 Å². The molecule has 104 valence electrons. The van der Waals surface area contributed by atoms with Crippen molar-refractivity contribution in [3.05, 3.63) is 29.8 Å². The summed E-state index contributed by atoms with van der Waals surface area (Å²) in [6, 6.07) is 6.22. The largest absolute Gasteiger partial charge is 0.481 e. The van der Waals surface area contributed by atoms with Crippen molar-refractivity contribution >= 4 is 17.6 Å². The molecule has 1 atom stereocenters. The molecular weight excluding hydrogens is 244 g/mol. The number of nitrogens with one attached hydrogen (secondary N) is 1. The van der Waals surface area contributed by atoms with Gasteiger partial charge in [0.1, 0.15) is 0 Å². The highest BCUT2D eigenvalue weighted by molar-refractivity contribution is 5.94. The van der Waals surface area contributed by atoms with Crippen LogP contribution in [0, 0.1) is 0 Å². The second kappa shape index (κ2) is 5.84. The van der Waals surface area contributed by atoms with Gasteiger partial charge in [-0.1, -0.05) is 19.1 Å². The van der Waals surface area contributed by atoms with E-state index < -0.39 is 17.4 Å². The zero-order chi connectivity index (χ0) is 14.6. The van der Waals surface area contributed by atoms with E-state index in [2.05, 4.69) is 5.32 Å². The molecule has 1 aromatic carbocycles. The minimum Gasteiger partial charge on any atom is -0.481 e. The van der Waals surface area contributed by atoms with Crippen LogP contribution >= 0.6 is 0 Å². The van der Waals surface area contributed by atoms with E-state index in [-0.39, 0.29) is 5.91 Å². The predicted octanol–water partition coefficient (Wildman–Crippen LogP) is 1.72. The molecule has 4 N–H and O–H groups in total. The Hall–Kier alpha value is -1.88. The molecule has 1 aromatic rings. The average Bonchev–Trinajstić information content (AvgIpc) is 2.38. The smallest absolute Gasteiger partial charge is 0.313 e. The highest BCUT2D eigenvalue weighted by Gasteiger charge is 2.29. The van der Waals surface area contributed by atoms with Gasteiger partial charge in [0.2, 0.25) is 5.91 Å². The van der Waals surface area contributed by atoms with E-state index in [1.807, 2.05) is 6.92 Å². The Morgan fingerprint density at radius 2 is 1.84 bits per heavy atom.